The number of nitrogens with one attached hydrogen (secondary N) is 2. The van der Waals surface area contributed by atoms with Gasteiger partial charge in [-0.15, -0.1) is 0 Å². The molecule has 0 bridgehead atoms. The summed E-state index contributed by atoms with van der Waals surface area (Å²) in [7, 11) is 4.52. The molecule has 34 heavy (non-hydrogen) atoms. The van der Waals surface area contributed by atoms with Gasteiger partial charge in [0, 0.05) is 36.3 Å². The molecule has 0 fully saturated rings. The molecule has 0 aliphatic carbocycles. The van der Waals surface area contributed by atoms with Crippen molar-refractivity contribution in [3.63, 3.8) is 0 Å². The number of aromatic amines is 1. The molecule has 0 saturated heterocycles. The number of amides is 1. The molecule has 3 aromatic rings. The minimum atomic E-state index is -4.72. The van der Waals surface area contributed by atoms with Gasteiger partial charge in [-0.1, -0.05) is 12.1 Å². The lowest BCUT2D eigenvalue weighted by Gasteiger charge is -2.33. The number of H-pyrrole nitrogens is 1. The zero-order valence-electron chi connectivity index (χ0n) is 18.6. The Kier molecular flexibility index (Phi) is 6.05. The van der Waals surface area contributed by atoms with Gasteiger partial charge in [0.2, 0.25) is 0 Å². The highest BCUT2D eigenvalue weighted by Gasteiger charge is 2.45. The SMILES string of the molecule is COc1ccc(C2CN(c3ccc(C(=N)N(C)OC)cc3)C(=O)c3[nH]nc(C(F)(F)F)c32)cc1. The van der Waals surface area contributed by atoms with Gasteiger partial charge in [-0.3, -0.25) is 20.1 Å². The Morgan fingerprint density at radius 1 is 1.15 bits per heavy atom. The number of carbonyl (C=O) groups is 1. The van der Waals surface area contributed by atoms with Crippen LogP contribution in [0.25, 0.3) is 0 Å². The summed E-state index contributed by atoms with van der Waals surface area (Å²) in [5, 5.41) is 15.2. The van der Waals surface area contributed by atoms with E-state index in [0.717, 1.165) is 0 Å². The first kappa shape index (κ1) is 23.3. The summed E-state index contributed by atoms with van der Waals surface area (Å²) in [5.74, 6) is -0.706. The van der Waals surface area contributed by atoms with Crippen LogP contribution in [0, 0.1) is 5.41 Å². The number of methoxy groups -OCH3 is 1. The van der Waals surface area contributed by atoms with Gasteiger partial charge in [-0.05, 0) is 42.0 Å². The maximum atomic E-state index is 13.7. The van der Waals surface area contributed by atoms with Crippen LogP contribution in [0.1, 0.15) is 38.8 Å². The molecule has 8 nitrogen and oxygen atoms in total. The predicted octanol–water partition coefficient (Wildman–Crippen LogP) is 4.05. The van der Waals surface area contributed by atoms with Crippen LogP contribution in [0.2, 0.25) is 0 Å². The van der Waals surface area contributed by atoms with Crippen LogP contribution in [0.3, 0.4) is 0 Å². The van der Waals surface area contributed by atoms with Gasteiger partial charge in [-0.2, -0.15) is 18.3 Å². The Hall–Kier alpha value is -3.86. The van der Waals surface area contributed by atoms with Gasteiger partial charge < -0.3 is 9.64 Å². The van der Waals surface area contributed by atoms with Crippen molar-refractivity contribution >= 4 is 17.4 Å². The number of hydroxylamine groups is 2. The molecule has 0 saturated carbocycles. The number of fused-ring (bicyclic) bond motifs is 1. The quantitative estimate of drug-likeness (QED) is 0.331. The number of hydrogen-bond acceptors (Lipinski definition) is 5. The van der Waals surface area contributed by atoms with Gasteiger partial charge in [0.1, 0.15) is 11.4 Å². The average Bonchev–Trinajstić information content (AvgIpc) is 3.30. The summed E-state index contributed by atoms with van der Waals surface area (Å²) in [6.07, 6.45) is -4.72. The molecule has 1 unspecified atom stereocenters. The number of alkyl halides is 3. The number of hydrogen-bond donors (Lipinski definition) is 2. The Morgan fingerprint density at radius 2 is 1.79 bits per heavy atom. The molecule has 2 heterocycles. The molecule has 2 aromatic carbocycles. The molecular weight excluding hydrogens is 451 g/mol. The molecule has 0 radical (unpaired) electrons. The fourth-order valence-electron chi connectivity index (χ4n) is 3.96. The summed E-state index contributed by atoms with van der Waals surface area (Å²) in [4.78, 5) is 19.6. The maximum absolute atomic E-state index is 13.7. The van der Waals surface area contributed by atoms with Crippen LogP contribution in [0.4, 0.5) is 18.9 Å². The van der Waals surface area contributed by atoms with Crippen molar-refractivity contribution in [2.75, 3.05) is 32.7 Å². The summed E-state index contributed by atoms with van der Waals surface area (Å²) >= 11 is 0. The maximum Gasteiger partial charge on any atom is 0.435 e. The molecule has 1 aliphatic rings. The third kappa shape index (κ3) is 4.10. The van der Waals surface area contributed by atoms with Crippen molar-refractivity contribution in [2.45, 2.75) is 12.1 Å². The van der Waals surface area contributed by atoms with E-state index in [2.05, 4.69) is 10.2 Å². The Labute approximate surface area is 193 Å². The van der Waals surface area contributed by atoms with E-state index < -0.39 is 23.7 Å². The van der Waals surface area contributed by atoms with E-state index in [9.17, 15) is 18.0 Å². The van der Waals surface area contributed by atoms with Crippen LogP contribution < -0.4 is 9.64 Å². The monoisotopic (exact) mass is 473 g/mol. The van der Waals surface area contributed by atoms with Crippen molar-refractivity contribution in [3.8, 4) is 5.75 Å². The minimum Gasteiger partial charge on any atom is -0.497 e. The summed E-state index contributed by atoms with van der Waals surface area (Å²) < 4.78 is 46.3. The van der Waals surface area contributed by atoms with E-state index in [1.165, 1.54) is 24.2 Å². The Balaban J connectivity index is 1.76. The number of amidine groups is 1. The number of ether oxygens (including phenoxy) is 1. The lowest BCUT2D eigenvalue weighted by molar-refractivity contribution is -0.141. The normalized spacial score (nSPS) is 15.8. The number of benzene rings is 2. The van der Waals surface area contributed by atoms with Gasteiger partial charge in [-0.25, -0.2) is 5.06 Å². The second kappa shape index (κ2) is 8.82. The van der Waals surface area contributed by atoms with Crippen molar-refractivity contribution in [1.29, 1.82) is 5.41 Å². The summed E-state index contributed by atoms with van der Waals surface area (Å²) in [6, 6.07) is 13.3. The van der Waals surface area contributed by atoms with E-state index in [0.29, 0.717) is 22.6 Å². The van der Waals surface area contributed by atoms with Gasteiger partial charge in [0.25, 0.3) is 5.91 Å². The zero-order chi connectivity index (χ0) is 24.6. The molecule has 11 heteroatoms. The molecule has 178 valence electrons. The van der Waals surface area contributed by atoms with Gasteiger partial charge in [0.15, 0.2) is 11.5 Å². The lowest BCUT2D eigenvalue weighted by Crippen LogP contribution is -2.41. The number of rotatable bonds is 5. The highest BCUT2D eigenvalue weighted by Crippen LogP contribution is 2.42. The van der Waals surface area contributed by atoms with Crippen LogP contribution in [0.5, 0.6) is 5.75 Å². The molecular formula is C23H22F3N5O3. The summed E-state index contributed by atoms with van der Waals surface area (Å²) in [6.45, 7) is -0.0183. The molecule has 1 amide bonds. The van der Waals surface area contributed by atoms with Gasteiger partial charge in [0.05, 0.1) is 14.2 Å². The molecule has 1 aliphatic heterocycles. The van der Waals surface area contributed by atoms with Crippen molar-refractivity contribution in [3.05, 3.63) is 76.6 Å². The fourth-order valence-corrected chi connectivity index (χ4v) is 3.96. The van der Waals surface area contributed by atoms with Crippen molar-refractivity contribution in [2.24, 2.45) is 0 Å². The minimum absolute atomic E-state index is 0.0183. The second-order valence-corrected chi connectivity index (χ2v) is 7.68. The van der Waals surface area contributed by atoms with E-state index in [1.54, 1.807) is 55.6 Å². The number of carbonyl (C=O) groups excluding carboxylic acids is 1. The van der Waals surface area contributed by atoms with Gasteiger partial charge >= 0.3 is 6.18 Å². The third-order valence-corrected chi connectivity index (χ3v) is 5.80. The molecule has 0 spiro atoms. The Morgan fingerprint density at radius 3 is 2.35 bits per heavy atom. The first-order valence-corrected chi connectivity index (χ1v) is 10.2. The highest BCUT2D eigenvalue weighted by atomic mass is 19.4. The lowest BCUT2D eigenvalue weighted by atomic mass is 9.85. The van der Waals surface area contributed by atoms with Crippen LogP contribution >= 0.6 is 0 Å². The molecule has 4 rings (SSSR count). The standard InChI is InChI=1S/C23H22F3N5O3/c1-30(34-3)21(27)14-4-8-15(9-5-14)31-12-17(13-6-10-16(33-2)11-7-13)18-19(22(31)32)28-29-20(18)23(24,25)26/h4-11,17,27H,12H2,1-3H3,(H,28,29). The molecule has 2 N–H and O–H groups in total. The van der Waals surface area contributed by atoms with Crippen LogP contribution in [0.15, 0.2) is 48.5 Å². The molecule has 1 atom stereocenters. The largest absolute Gasteiger partial charge is 0.497 e. The van der Waals surface area contributed by atoms with Crippen LogP contribution in [-0.4, -0.2) is 54.8 Å². The van der Waals surface area contributed by atoms with E-state index in [1.807, 2.05) is 0 Å². The van der Waals surface area contributed by atoms with E-state index in [4.69, 9.17) is 15.0 Å². The number of anilines is 1. The topological polar surface area (TPSA) is 94.5 Å². The zero-order valence-corrected chi connectivity index (χ0v) is 18.6. The third-order valence-electron chi connectivity index (χ3n) is 5.80. The van der Waals surface area contributed by atoms with Crippen LogP contribution in [-0.2, 0) is 11.0 Å². The number of aromatic nitrogens is 2. The second-order valence-electron chi connectivity index (χ2n) is 7.68. The Bertz CT molecular complexity index is 1210. The van der Waals surface area contributed by atoms with Crippen molar-refractivity contribution < 1.29 is 27.5 Å². The predicted molar refractivity (Wildman–Crippen MR) is 118 cm³/mol. The average molecular weight is 473 g/mol. The van der Waals surface area contributed by atoms with E-state index >= 15 is 0 Å². The smallest absolute Gasteiger partial charge is 0.435 e. The number of halogens is 3. The van der Waals surface area contributed by atoms with Crippen molar-refractivity contribution in [1.82, 2.24) is 15.3 Å². The highest BCUT2D eigenvalue weighted by molar-refractivity contribution is 6.08. The molecule has 1 aromatic heterocycles. The first-order valence-electron chi connectivity index (χ1n) is 10.2. The summed E-state index contributed by atoms with van der Waals surface area (Å²) in [5.41, 5.74) is 0.156. The fraction of sp³-hybridized carbons (Fsp3) is 0.261. The number of nitrogens with zero attached hydrogens (tertiary/aromatic N) is 3. The first-order chi connectivity index (χ1) is 16.2. The van der Waals surface area contributed by atoms with E-state index in [-0.39, 0.29) is 23.6 Å².